The van der Waals surface area contributed by atoms with Crippen LogP contribution in [0.25, 0.3) is 38.8 Å². The highest BCUT2D eigenvalue weighted by Gasteiger charge is 2.21. The molecule has 7 heteroatoms. The van der Waals surface area contributed by atoms with Gasteiger partial charge in [0.05, 0.1) is 12.8 Å². The number of imidazole rings is 1. The number of anilines is 1. The Morgan fingerprint density at radius 3 is 2.55 bits per heavy atom. The molecule has 3 heterocycles. The predicted octanol–water partition coefficient (Wildman–Crippen LogP) is 6.88. The van der Waals surface area contributed by atoms with Crippen LogP contribution in [0.5, 0.6) is 5.75 Å². The van der Waals surface area contributed by atoms with Crippen molar-refractivity contribution in [2.24, 2.45) is 0 Å². The predicted molar refractivity (Wildman–Crippen MR) is 152 cm³/mol. The summed E-state index contributed by atoms with van der Waals surface area (Å²) < 4.78 is 13.7. The number of hydrogen-bond acceptors (Lipinski definition) is 6. The second kappa shape index (κ2) is 9.72. The molecule has 2 aromatic heterocycles. The maximum Gasteiger partial charge on any atom is 0.170 e. The summed E-state index contributed by atoms with van der Waals surface area (Å²) in [4.78, 5) is 13.8. The molecule has 0 aliphatic carbocycles. The number of aromatic nitrogens is 4. The topological polar surface area (TPSA) is 74.1 Å². The summed E-state index contributed by atoms with van der Waals surface area (Å²) in [7, 11) is 1.73. The molecule has 0 amide bonds. The molecule has 1 atom stereocenters. The Morgan fingerprint density at radius 2 is 1.79 bits per heavy atom. The molecule has 1 aliphatic rings. The first-order chi connectivity index (χ1) is 18.4. The molecule has 1 fully saturated rings. The van der Waals surface area contributed by atoms with Gasteiger partial charge in [0, 0.05) is 17.6 Å². The van der Waals surface area contributed by atoms with Crippen molar-refractivity contribution >= 4 is 27.8 Å². The van der Waals surface area contributed by atoms with E-state index >= 15 is 0 Å². The van der Waals surface area contributed by atoms with Crippen LogP contribution in [-0.2, 0) is 10.2 Å². The van der Waals surface area contributed by atoms with Crippen LogP contribution in [0.4, 0.5) is 5.82 Å². The SMILES string of the molecule is COc1ccc(C(C)(C)C)cc1-c1ccc(-n2cnc3c(NC4CCCCO4)ncnc32)c2ccccc12. The summed E-state index contributed by atoms with van der Waals surface area (Å²) in [5, 5.41) is 5.67. The van der Waals surface area contributed by atoms with Crippen molar-refractivity contribution in [1.82, 2.24) is 19.5 Å². The van der Waals surface area contributed by atoms with Crippen molar-refractivity contribution in [2.45, 2.75) is 51.7 Å². The molecule has 0 bridgehead atoms. The van der Waals surface area contributed by atoms with Gasteiger partial charge in [-0.05, 0) is 59.4 Å². The number of methoxy groups -OCH3 is 1. The summed E-state index contributed by atoms with van der Waals surface area (Å²) in [6.45, 7) is 7.46. The molecule has 3 aromatic carbocycles. The quantitative estimate of drug-likeness (QED) is 0.279. The summed E-state index contributed by atoms with van der Waals surface area (Å²) in [5.74, 6) is 1.56. The summed E-state index contributed by atoms with van der Waals surface area (Å²) >= 11 is 0. The second-order valence-corrected chi connectivity index (χ2v) is 10.9. The summed E-state index contributed by atoms with van der Waals surface area (Å²) in [5.41, 5.74) is 6.00. The Labute approximate surface area is 222 Å². The third-order valence-electron chi connectivity index (χ3n) is 7.33. The Morgan fingerprint density at radius 1 is 0.947 bits per heavy atom. The summed E-state index contributed by atoms with van der Waals surface area (Å²) in [6, 6.07) is 19.3. The van der Waals surface area contributed by atoms with Crippen molar-refractivity contribution in [3.05, 3.63) is 72.8 Å². The number of benzene rings is 3. The number of nitrogens with one attached hydrogen (secondary N) is 1. The molecule has 1 aliphatic heterocycles. The first-order valence-corrected chi connectivity index (χ1v) is 13.2. The maximum absolute atomic E-state index is 5.87. The van der Waals surface area contributed by atoms with Crippen LogP contribution in [-0.4, -0.2) is 39.5 Å². The van der Waals surface area contributed by atoms with E-state index in [-0.39, 0.29) is 11.6 Å². The number of fused-ring (bicyclic) bond motifs is 2. The van der Waals surface area contributed by atoms with Gasteiger partial charge in [-0.3, -0.25) is 4.57 Å². The molecule has 7 nitrogen and oxygen atoms in total. The van der Waals surface area contributed by atoms with E-state index in [1.165, 1.54) is 5.56 Å². The molecule has 0 radical (unpaired) electrons. The van der Waals surface area contributed by atoms with Crippen LogP contribution >= 0.6 is 0 Å². The van der Waals surface area contributed by atoms with Crippen molar-refractivity contribution in [2.75, 3.05) is 19.0 Å². The van der Waals surface area contributed by atoms with Gasteiger partial charge in [-0.15, -0.1) is 0 Å². The van der Waals surface area contributed by atoms with Gasteiger partial charge >= 0.3 is 0 Å². The molecule has 0 spiro atoms. The van der Waals surface area contributed by atoms with Gasteiger partial charge in [-0.25, -0.2) is 15.0 Å². The lowest BCUT2D eigenvalue weighted by Crippen LogP contribution is -2.27. The summed E-state index contributed by atoms with van der Waals surface area (Å²) in [6.07, 6.45) is 6.56. The van der Waals surface area contributed by atoms with E-state index in [1.54, 1.807) is 13.4 Å². The molecule has 0 saturated carbocycles. The zero-order valence-corrected chi connectivity index (χ0v) is 22.4. The molecule has 1 N–H and O–H groups in total. The lowest BCUT2D eigenvalue weighted by molar-refractivity contribution is 0.0342. The fraction of sp³-hybridized carbons (Fsp3) is 0.323. The Bertz CT molecular complexity index is 1610. The van der Waals surface area contributed by atoms with Gasteiger partial charge in [0.1, 0.15) is 24.6 Å². The fourth-order valence-electron chi connectivity index (χ4n) is 5.24. The van der Waals surface area contributed by atoms with Gasteiger partial charge in [-0.2, -0.15) is 0 Å². The molecule has 194 valence electrons. The monoisotopic (exact) mass is 507 g/mol. The molecule has 1 unspecified atom stereocenters. The highest BCUT2D eigenvalue weighted by Crippen LogP contribution is 2.40. The normalized spacial score (nSPS) is 16.2. The van der Waals surface area contributed by atoms with Crippen molar-refractivity contribution in [3.8, 4) is 22.6 Å². The van der Waals surface area contributed by atoms with Gasteiger partial charge < -0.3 is 14.8 Å². The first kappa shape index (κ1) is 24.4. The number of rotatable bonds is 5. The van der Waals surface area contributed by atoms with Gasteiger partial charge in [0.15, 0.2) is 17.0 Å². The number of hydrogen-bond donors (Lipinski definition) is 1. The van der Waals surface area contributed by atoms with E-state index in [2.05, 4.69) is 90.7 Å². The van der Waals surface area contributed by atoms with Crippen LogP contribution < -0.4 is 10.1 Å². The molecular weight excluding hydrogens is 474 g/mol. The largest absolute Gasteiger partial charge is 0.496 e. The van der Waals surface area contributed by atoms with E-state index in [4.69, 9.17) is 14.5 Å². The minimum Gasteiger partial charge on any atom is -0.496 e. The highest BCUT2D eigenvalue weighted by atomic mass is 16.5. The Kier molecular flexibility index (Phi) is 6.24. The third kappa shape index (κ3) is 4.37. The van der Waals surface area contributed by atoms with Gasteiger partial charge in [-0.1, -0.05) is 57.2 Å². The molecule has 1 saturated heterocycles. The molecule has 38 heavy (non-hydrogen) atoms. The average Bonchev–Trinajstić information content (AvgIpc) is 3.37. The third-order valence-corrected chi connectivity index (χ3v) is 7.33. The number of ether oxygens (including phenoxy) is 2. The van der Waals surface area contributed by atoms with Crippen LogP contribution in [0.2, 0.25) is 0 Å². The lowest BCUT2D eigenvalue weighted by Gasteiger charge is -2.23. The maximum atomic E-state index is 5.87. The second-order valence-electron chi connectivity index (χ2n) is 10.9. The van der Waals surface area contributed by atoms with Crippen LogP contribution in [0.15, 0.2) is 67.3 Å². The van der Waals surface area contributed by atoms with E-state index in [0.717, 1.165) is 70.4 Å². The number of nitrogens with zero attached hydrogens (tertiary/aromatic N) is 4. The minimum absolute atomic E-state index is 0.0284. The average molecular weight is 508 g/mol. The van der Waals surface area contributed by atoms with Crippen molar-refractivity contribution in [1.29, 1.82) is 0 Å². The minimum atomic E-state index is -0.0500. The van der Waals surface area contributed by atoms with Crippen molar-refractivity contribution < 1.29 is 9.47 Å². The van der Waals surface area contributed by atoms with Crippen LogP contribution in [0.1, 0.15) is 45.6 Å². The lowest BCUT2D eigenvalue weighted by atomic mass is 9.84. The van der Waals surface area contributed by atoms with Crippen LogP contribution in [0.3, 0.4) is 0 Å². The Balaban J connectivity index is 1.48. The van der Waals surface area contributed by atoms with Crippen LogP contribution in [0, 0.1) is 0 Å². The fourth-order valence-corrected chi connectivity index (χ4v) is 5.24. The van der Waals surface area contributed by atoms with Gasteiger partial charge in [0.2, 0.25) is 0 Å². The van der Waals surface area contributed by atoms with Gasteiger partial charge in [0.25, 0.3) is 0 Å². The molecule has 5 aromatic rings. The zero-order valence-electron chi connectivity index (χ0n) is 22.4. The van der Waals surface area contributed by atoms with Crippen molar-refractivity contribution in [3.63, 3.8) is 0 Å². The highest BCUT2D eigenvalue weighted by molar-refractivity contribution is 6.03. The smallest absolute Gasteiger partial charge is 0.170 e. The molecule has 6 rings (SSSR count). The molecular formula is C31H33N5O2. The van der Waals surface area contributed by atoms with E-state index in [9.17, 15) is 0 Å². The standard InChI is InChI=1S/C31H33N5O2/c1-31(2,3)20-12-15-26(37-4)24(17-20)22-13-14-25(23-10-6-5-9-21(22)23)36-19-34-28-29(32-18-33-30(28)36)35-27-11-7-8-16-38-27/h5-6,9-10,12-15,17-19,27H,7-8,11,16H2,1-4H3,(H,32,33,35). The zero-order chi connectivity index (χ0) is 26.3. The Hall–Kier alpha value is -3.97. The van der Waals surface area contributed by atoms with E-state index in [0.29, 0.717) is 5.82 Å². The van der Waals surface area contributed by atoms with E-state index in [1.807, 2.05) is 10.9 Å². The van der Waals surface area contributed by atoms with E-state index < -0.39 is 0 Å². The first-order valence-electron chi connectivity index (χ1n) is 13.2.